The van der Waals surface area contributed by atoms with Crippen LogP contribution in [0.15, 0.2) is 0 Å². The molecule has 2 N–H and O–H groups in total. The molecular formula is H5CaO4P2+. The molecule has 0 heterocycles. The van der Waals surface area contributed by atoms with Crippen molar-refractivity contribution in [2.75, 3.05) is 0 Å². The van der Waals surface area contributed by atoms with Crippen LogP contribution in [0.2, 0.25) is 0 Å². The van der Waals surface area contributed by atoms with E-state index >= 15 is 0 Å². The van der Waals surface area contributed by atoms with Crippen LogP contribution in [-0.2, 0) is 4.57 Å². The summed E-state index contributed by atoms with van der Waals surface area (Å²) in [5, 5.41) is 0. The predicted octanol–water partition coefficient (Wildman–Crippen LogP) is -2.78. The molecule has 4 nitrogen and oxygen atoms in total. The minimum Gasteiger partial charge on any atom is -0.598 e. The fraction of sp³-hybridized carbons (Fsp3) is 0. The van der Waals surface area contributed by atoms with Crippen molar-refractivity contribution in [3.8, 4) is 0 Å². The van der Waals surface area contributed by atoms with Crippen LogP contribution >= 0.6 is 18.2 Å². The van der Waals surface area contributed by atoms with Crippen LogP contribution in [0.1, 0.15) is 0 Å². The van der Waals surface area contributed by atoms with Gasteiger partial charge in [-0.1, -0.05) is 4.57 Å². The Morgan fingerprint density at radius 2 is 1.29 bits per heavy atom. The molecule has 0 aliphatic heterocycles. The zero-order chi connectivity index (χ0) is 3.58. The largest absolute Gasteiger partial charge is 2.00 e. The van der Waals surface area contributed by atoms with E-state index in [0.717, 1.165) is 0 Å². The van der Waals surface area contributed by atoms with Gasteiger partial charge in [-0.2, -0.15) is 9.90 Å². The molecule has 0 saturated carbocycles. The summed E-state index contributed by atoms with van der Waals surface area (Å²) in [5.41, 5.74) is 0. The molecular weight excluding hydrogens is 166 g/mol. The molecule has 0 fully saturated rings. The van der Waals surface area contributed by atoms with Crippen molar-refractivity contribution < 1.29 is 19.8 Å². The van der Waals surface area contributed by atoms with Gasteiger partial charge in [-0.25, -0.2) is 0 Å². The quantitative estimate of drug-likeness (QED) is 0.291. The first-order valence-corrected chi connectivity index (χ1v) is 1.64. The Labute approximate surface area is 75.2 Å². The fourth-order valence-corrected chi connectivity index (χ4v) is 0. The first-order valence-electron chi connectivity index (χ1n) is 0.548. The molecule has 0 spiro atoms. The van der Waals surface area contributed by atoms with Crippen molar-refractivity contribution in [3.63, 3.8) is 0 Å². The summed E-state index contributed by atoms with van der Waals surface area (Å²) in [4.78, 5) is 17.0. The SMILES string of the molecule is O.O=[P+]([O-])[O-].P.[Ca+2]. The standard InChI is InChI=1S/Ca.HO3P.H2O.H3P/c;1-4(2)3;;/h;(H,1,2,3);1H2;1H3/q+2;;;/p-1. The van der Waals surface area contributed by atoms with E-state index in [1.54, 1.807) is 0 Å². The maximum absolute atomic E-state index is 8.48. The zero-order valence-corrected chi connectivity index (χ0v) is 8.10. The van der Waals surface area contributed by atoms with Gasteiger partial charge in [0.25, 0.3) is 8.25 Å². The molecule has 0 aromatic rings. The Hall–Kier alpha value is 1.67. The molecule has 0 bridgehead atoms. The first-order chi connectivity index (χ1) is 1.73. The van der Waals surface area contributed by atoms with Crippen LogP contribution in [0.5, 0.6) is 0 Å². The maximum atomic E-state index is 8.48. The van der Waals surface area contributed by atoms with Crippen LogP contribution in [0, 0.1) is 0 Å². The molecule has 0 aliphatic carbocycles. The van der Waals surface area contributed by atoms with E-state index < -0.39 is 8.25 Å². The van der Waals surface area contributed by atoms with Gasteiger partial charge in [0.05, 0.1) is 0 Å². The summed E-state index contributed by atoms with van der Waals surface area (Å²) in [5.74, 6) is 0. The third-order valence-corrected chi connectivity index (χ3v) is 0. The van der Waals surface area contributed by atoms with E-state index in [9.17, 15) is 0 Å². The van der Waals surface area contributed by atoms with Gasteiger partial charge in [0.1, 0.15) is 0 Å². The van der Waals surface area contributed by atoms with Crippen LogP contribution in [0.3, 0.4) is 0 Å². The minimum atomic E-state index is -3.37. The molecule has 0 rings (SSSR count). The van der Waals surface area contributed by atoms with Gasteiger partial charge in [-0.05, 0) is 0 Å². The zero-order valence-electron chi connectivity index (χ0n) is 3.59. The summed E-state index contributed by atoms with van der Waals surface area (Å²) in [6.07, 6.45) is 0. The van der Waals surface area contributed by atoms with Crippen molar-refractivity contribution in [1.29, 1.82) is 0 Å². The molecule has 0 aromatic carbocycles. The molecule has 0 radical (unpaired) electrons. The van der Waals surface area contributed by atoms with Gasteiger partial charge in [0.15, 0.2) is 0 Å². The summed E-state index contributed by atoms with van der Waals surface area (Å²) < 4.78 is 8.48. The van der Waals surface area contributed by atoms with Crippen molar-refractivity contribution in [1.82, 2.24) is 0 Å². The smallest absolute Gasteiger partial charge is 0.598 e. The van der Waals surface area contributed by atoms with Crippen molar-refractivity contribution in [2.24, 2.45) is 0 Å². The van der Waals surface area contributed by atoms with Crippen LogP contribution in [-0.4, -0.2) is 43.2 Å². The minimum absolute atomic E-state index is 0. The van der Waals surface area contributed by atoms with Crippen LogP contribution in [0.4, 0.5) is 0 Å². The number of hydrogen-bond donors (Lipinski definition) is 0. The van der Waals surface area contributed by atoms with Gasteiger partial charge in [-0.3, -0.25) is 0 Å². The van der Waals surface area contributed by atoms with Crippen LogP contribution < -0.4 is 9.79 Å². The summed E-state index contributed by atoms with van der Waals surface area (Å²) in [6, 6.07) is 0. The summed E-state index contributed by atoms with van der Waals surface area (Å²) in [6.45, 7) is 0. The van der Waals surface area contributed by atoms with E-state index in [1.165, 1.54) is 0 Å². The molecule has 1 unspecified atom stereocenters. The summed E-state index contributed by atoms with van der Waals surface area (Å²) >= 11 is 0. The Balaban J connectivity index is -0.0000000150. The van der Waals surface area contributed by atoms with E-state index in [4.69, 9.17) is 14.4 Å². The van der Waals surface area contributed by atoms with Gasteiger partial charge < -0.3 is 15.3 Å². The Bertz CT molecular complexity index is 32.7. The van der Waals surface area contributed by atoms with E-state index in [-0.39, 0.29) is 53.1 Å². The van der Waals surface area contributed by atoms with E-state index in [2.05, 4.69) is 0 Å². The van der Waals surface area contributed by atoms with Crippen molar-refractivity contribution in [2.45, 2.75) is 0 Å². The second-order valence-electron chi connectivity index (χ2n) is 0.224. The average Bonchev–Trinajstić information content (AvgIpc) is 0.811. The molecule has 0 aliphatic rings. The Kier molecular flexibility index (Phi) is 52.3. The average molecular weight is 171 g/mol. The third-order valence-electron chi connectivity index (χ3n) is 0. The molecule has 40 valence electrons. The predicted molar refractivity (Wildman–Crippen MR) is 28.1 cm³/mol. The normalized spacial score (nSPS) is 3.71. The molecule has 0 amide bonds. The van der Waals surface area contributed by atoms with Crippen molar-refractivity contribution >= 4 is 55.9 Å². The Morgan fingerprint density at radius 3 is 1.29 bits per heavy atom. The van der Waals surface area contributed by atoms with Gasteiger partial charge >= 0.3 is 37.7 Å². The fourth-order valence-electron chi connectivity index (χ4n) is 0. The van der Waals surface area contributed by atoms with Crippen LogP contribution in [0.25, 0.3) is 0 Å². The molecule has 7 heteroatoms. The second-order valence-corrected chi connectivity index (χ2v) is 0.671. The number of rotatable bonds is 0. The van der Waals surface area contributed by atoms with E-state index in [1.807, 2.05) is 0 Å². The summed E-state index contributed by atoms with van der Waals surface area (Å²) in [7, 11) is -3.37. The first kappa shape index (κ1) is 23.4. The molecule has 0 saturated heterocycles. The van der Waals surface area contributed by atoms with Gasteiger partial charge in [-0.15, -0.1) is 0 Å². The molecule has 0 aromatic heterocycles. The Morgan fingerprint density at radius 1 is 1.29 bits per heavy atom. The van der Waals surface area contributed by atoms with E-state index in [0.29, 0.717) is 0 Å². The number of hydrogen-bond acceptors (Lipinski definition) is 3. The molecule has 7 heavy (non-hydrogen) atoms. The third kappa shape index (κ3) is 88.4. The van der Waals surface area contributed by atoms with Gasteiger partial charge in [0.2, 0.25) is 0 Å². The van der Waals surface area contributed by atoms with Gasteiger partial charge in [0, 0.05) is 0 Å². The molecule has 1 atom stereocenters. The topological polar surface area (TPSA) is 94.7 Å². The second kappa shape index (κ2) is 15.6. The van der Waals surface area contributed by atoms with Crippen molar-refractivity contribution in [3.05, 3.63) is 0 Å². The maximum Gasteiger partial charge on any atom is 2.00 e. The monoisotopic (exact) mass is 171 g/mol.